The van der Waals surface area contributed by atoms with Gasteiger partial charge in [-0.2, -0.15) is 0 Å². The molecule has 4 nitrogen and oxygen atoms in total. The van der Waals surface area contributed by atoms with Crippen LogP contribution < -0.4 is 10.0 Å². The Balaban J connectivity index is 1.38. The molecule has 5 heteroatoms. The third-order valence-electron chi connectivity index (χ3n) is 6.35. The van der Waals surface area contributed by atoms with Gasteiger partial charge in [-0.15, -0.1) is 0 Å². The van der Waals surface area contributed by atoms with Crippen LogP contribution in [-0.4, -0.2) is 15.0 Å². The Bertz CT molecular complexity index is 1190. The topological polar surface area (TPSA) is 58.2 Å². The average Bonchev–Trinajstić information content (AvgIpc) is 3.30. The third kappa shape index (κ3) is 4.03. The quantitative estimate of drug-likeness (QED) is 0.539. The van der Waals surface area contributed by atoms with E-state index in [9.17, 15) is 8.42 Å². The summed E-state index contributed by atoms with van der Waals surface area (Å²) < 4.78 is 28.6. The van der Waals surface area contributed by atoms with Crippen LogP contribution in [-0.2, 0) is 16.4 Å². The molecule has 2 N–H and O–H groups in total. The molecule has 0 saturated heterocycles. The van der Waals surface area contributed by atoms with Crippen molar-refractivity contribution in [3.63, 3.8) is 0 Å². The van der Waals surface area contributed by atoms with Crippen molar-refractivity contribution in [3.05, 3.63) is 108 Å². The lowest BCUT2D eigenvalue weighted by atomic mass is 9.77. The maximum atomic E-state index is 12.9. The number of rotatable bonds is 6. The fourth-order valence-electron chi connectivity index (χ4n) is 4.79. The van der Waals surface area contributed by atoms with Crippen LogP contribution in [0.5, 0.6) is 0 Å². The molecule has 0 bridgehead atoms. The van der Waals surface area contributed by atoms with Gasteiger partial charge in [0.05, 0.1) is 10.9 Å². The molecule has 3 aromatic carbocycles. The van der Waals surface area contributed by atoms with E-state index >= 15 is 0 Å². The summed E-state index contributed by atoms with van der Waals surface area (Å²) in [5.74, 6) is 0.611. The SMILES string of the molecule is O=S(=O)(NCCc1ccccc1)c1ccc2c(c1)C1C=CCC1C(c1ccccc1)N2. The summed E-state index contributed by atoms with van der Waals surface area (Å²) in [5, 5.41) is 3.67. The molecule has 0 spiro atoms. The van der Waals surface area contributed by atoms with Gasteiger partial charge in [-0.1, -0.05) is 72.8 Å². The molecular formula is C26H26N2O2S. The van der Waals surface area contributed by atoms with E-state index in [1.807, 2.05) is 48.5 Å². The van der Waals surface area contributed by atoms with Crippen molar-refractivity contribution < 1.29 is 8.42 Å². The van der Waals surface area contributed by atoms with Crippen LogP contribution in [0.3, 0.4) is 0 Å². The number of sulfonamides is 1. The predicted molar refractivity (Wildman–Crippen MR) is 125 cm³/mol. The second-order valence-electron chi connectivity index (χ2n) is 8.27. The summed E-state index contributed by atoms with van der Waals surface area (Å²) in [7, 11) is -3.56. The van der Waals surface area contributed by atoms with E-state index in [4.69, 9.17) is 0 Å². The molecule has 1 aliphatic heterocycles. The van der Waals surface area contributed by atoms with Crippen LogP contribution in [0.2, 0.25) is 0 Å². The van der Waals surface area contributed by atoms with Crippen molar-refractivity contribution in [1.82, 2.24) is 4.72 Å². The van der Waals surface area contributed by atoms with Crippen LogP contribution >= 0.6 is 0 Å². The van der Waals surface area contributed by atoms with Crippen molar-refractivity contribution in [1.29, 1.82) is 0 Å². The number of anilines is 1. The van der Waals surface area contributed by atoms with Crippen molar-refractivity contribution in [2.75, 3.05) is 11.9 Å². The summed E-state index contributed by atoms with van der Waals surface area (Å²) in [5.41, 5.74) is 4.47. The van der Waals surface area contributed by atoms with Crippen LogP contribution in [0.25, 0.3) is 0 Å². The minimum absolute atomic E-state index is 0.222. The molecule has 1 heterocycles. The zero-order valence-corrected chi connectivity index (χ0v) is 18.1. The van der Waals surface area contributed by atoms with Crippen molar-refractivity contribution >= 4 is 15.7 Å². The molecule has 0 saturated carbocycles. The summed E-state index contributed by atoms with van der Waals surface area (Å²) >= 11 is 0. The summed E-state index contributed by atoms with van der Waals surface area (Å²) in [4.78, 5) is 0.332. The summed E-state index contributed by atoms with van der Waals surface area (Å²) in [6.07, 6.45) is 6.11. The second kappa shape index (κ2) is 8.33. The molecule has 0 radical (unpaired) electrons. The maximum absolute atomic E-state index is 12.9. The highest BCUT2D eigenvalue weighted by molar-refractivity contribution is 7.89. The zero-order chi connectivity index (χ0) is 21.3. The Morgan fingerprint density at radius 3 is 2.45 bits per heavy atom. The van der Waals surface area contributed by atoms with Crippen molar-refractivity contribution in [3.8, 4) is 0 Å². The first-order valence-electron chi connectivity index (χ1n) is 10.8. The zero-order valence-electron chi connectivity index (χ0n) is 17.2. The summed E-state index contributed by atoms with van der Waals surface area (Å²) in [6, 6.07) is 26.1. The molecule has 3 atom stereocenters. The first-order chi connectivity index (χ1) is 15.1. The number of hydrogen-bond acceptors (Lipinski definition) is 3. The summed E-state index contributed by atoms with van der Waals surface area (Å²) in [6.45, 7) is 0.379. The van der Waals surface area contributed by atoms with Gasteiger partial charge in [-0.25, -0.2) is 13.1 Å². The highest BCUT2D eigenvalue weighted by atomic mass is 32.2. The first-order valence-corrected chi connectivity index (χ1v) is 12.3. The lowest BCUT2D eigenvalue weighted by molar-refractivity contribution is 0.425. The Morgan fingerprint density at radius 2 is 1.68 bits per heavy atom. The minimum Gasteiger partial charge on any atom is -0.378 e. The van der Waals surface area contributed by atoms with Gasteiger partial charge in [-0.05, 0) is 53.6 Å². The highest BCUT2D eigenvalue weighted by Gasteiger charge is 2.38. The van der Waals surface area contributed by atoms with Gasteiger partial charge in [0.1, 0.15) is 0 Å². The number of allylic oxidation sites excluding steroid dienone is 2. The lowest BCUT2D eigenvalue weighted by Gasteiger charge is -2.37. The molecule has 5 rings (SSSR count). The Morgan fingerprint density at radius 1 is 0.935 bits per heavy atom. The molecular weight excluding hydrogens is 404 g/mol. The minimum atomic E-state index is -3.56. The van der Waals surface area contributed by atoms with E-state index in [2.05, 4.69) is 46.5 Å². The number of benzene rings is 3. The largest absolute Gasteiger partial charge is 0.378 e. The average molecular weight is 431 g/mol. The van der Waals surface area contributed by atoms with Crippen LogP contribution in [0.4, 0.5) is 5.69 Å². The van der Waals surface area contributed by atoms with E-state index in [0.717, 1.165) is 23.2 Å². The van der Waals surface area contributed by atoms with Gasteiger partial charge in [0.2, 0.25) is 10.0 Å². The van der Waals surface area contributed by atoms with Gasteiger partial charge in [0, 0.05) is 18.2 Å². The standard InChI is InChI=1S/C26H26N2O2S/c29-31(30,27-17-16-19-8-3-1-4-9-19)21-14-15-25-24(18-21)22-12-7-13-23(22)26(28-25)20-10-5-2-6-11-20/h1-12,14-15,18,22-23,26-28H,13,16-17H2. The normalized spacial score (nSPS) is 21.9. The van der Waals surface area contributed by atoms with E-state index in [-0.39, 0.29) is 12.0 Å². The van der Waals surface area contributed by atoms with Crippen LogP contribution in [0, 0.1) is 5.92 Å². The molecule has 0 aromatic heterocycles. The molecule has 1 aliphatic carbocycles. The fourth-order valence-corrected chi connectivity index (χ4v) is 5.85. The monoisotopic (exact) mass is 430 g/mol. The third-order valence-corrected chi connectivity index (χ3v) is 7.81. The molecule has 0 fully saturated rings. The smallest absolute Gasteiger partial charge is 0.240 e. The Hall–Kier alpha value is -2.89. The van der Waals surface area contributed by atoms with Crippen LogP contribution in [0.15, 0.2) is 95.9 Å². The number of fused-ring (bicyclic) bond motifs is 3. The van der Waals surface area contributed by atoms with Gasteiger partial charge in [-0.3, -0.25) is 0 Å². The maximum Gasteiger partial charge on any atom is 0.240 e. The Kier molecular flexibility index (Phi) is 5.38. The van der Waals surface area contributed by atoms with Crippen molar-refractivity contribution in [2.24, 2.45) is 5.92 Å². The first kappa shape index (κ1) is 20.0. The molecule has 31 heavy (non-hydrogen) atoms. The second-order valence-corrected chi connectivity index (χ2v) is 10.0. The molecule has 158 valence electrons. The van der Waals surface area contributed by atoms with Gasteiger partial charge in [0.25, 0.3) is 0 Å². The van der Waals surface area contributed by atoms with E-state index in [1.165, 1.54) is 5.56 Å². The molecule has 3 aromatic rings. The van der Waals surface area contributed by atoms with E-state index < -0.39 is 10.0 Å². The fraction of sp³-hybridized carbons (Fsp3) is 0.231. The van der Waals surface area contributed by atoms with Crippen molar-refractivity contribution in [2.45, 2.75) is 29.7 Å². The lowest BCUT2D eigenvalue weighted by Crippen LogP contribution is -2.30. The van der Waals surface area contributed by atoms with E-state index in [1.54, 1.807) is 6.07 Å². The molecule has 2 aliphatic rings. The van der Waals surface area contributed by atoms with Gasteiger partial charge >= 0.3 is 0 Å². The van der Waals surface area contributed by atoms with Crippen LogP contribution in [0.1, 0.15) is 35.1 Å². The van der Waals surface area contributed by atoms with Gasteiger partial charge in [0.15, 0.2) is 0 Å². The molecule has 0 amide bonds. The number of nitrogens with one attached hydrogen (secondary N) is 2. The van der Waals surface area contributed by atoms with Gasteiger partial charge < -0.3 is 5.32 Å². The number of hydrogen-bond donors (Lipinski definition) is 2. The van der Waals surface area contributed by atoms with E-state index in [0.29, 0.717) is 23.8 Å². The predicted octanol–water partition coefficient (Wildman–Crippen LogP) is 5.03. The molecule has 3 unspecified atom stereocenters. The Labute approximate surface area is 184 Å². The highest BCUT2D eigenvalue weighted by Crippen LogP contribution is 2.50.